The molecule has 0 aliphatic carbocycles. The first kappa shape index (κ1) is 16.1. The minimum atomic E-state index is -0.631. The Balaban J connectivity index is 1.66. The van der Waals surface area contributed by atoms with Crippen molar-refractivity contribution in [3.63, 3.8) is 0 Å². The normalized spacial score (nSPS) is 20.3. The largest absolute Gasteiger partial charge is 0.372 e. The highest BCUT2D eigenvalue weighted by atomic mass is 19.1. The lowest BCUT2D eigenvalue weighted by Gasteiger charge is -2.31. The number of aromatic amines is 1. The van der Waals surface area contributed by atoms with Gasteiger partial charge in [0.2, 0.25) is 0 Å². The summed E-state index contributed by atoms with van der Waals surface area (Å²) < 4.78 is 19.1. The number of halogens is 1. The Labute approximate surface area is 138 Å². The van der Waals surface area contributed by atoms with Crippen LogP contribution in [-0.2, 0) is 4.74 Å². The Morgan fingerprint density at radius 2 is 2.38 bits per heavy atom. The molecule has 1 saturated heterocycles. The molecule has 0 saturated carbocycles. The molecule has 3 rings (SSSR count). The molecule has 2 atom stereocenters. The lowest BCUT2D eigenvalue weighted by molar-refractivity contribution is -0.0297. The zero-order chi connectivity index (χ0) is 16.9. The van der Waals surface area contributed by atoms with Gasteiger partial charge in [0.15, 0.2) is 0 Å². The van der Waals surface area contributed by atoms with Crippen LogP contribution >= 0.6 is 0 Å². The van der Waals surface area contributed by atoms with Gasteiger partial charge in [-0.1, -0.05) is 0 Å². The first-order chi connectivity index (χ1) is 11.7. The summed E-state index contributed by atoms with van der Waals surface area (Å²) in [5.74, 6) is -0.839. The molecule has 2 heterocycles. The number of ether oxygens (including phenoxy) is 1. The van der Waals surface area contributed by atoms with Gasteiger partial charge in [-0.2, -0.15) is 10.4 Å². The van der Waals surface area contributed by atoms with E-state index in [1.165, 1.54) is 12.1 Å². The van der Waals surface area contributed by atoms with E-state index in [1.807, 2.05) is 6.07 Å². The second-order valence-electron chi connectivity index (χ2n) is 5.72. The second-order valence-corrected chi connectivity index (χ2v) is 5.72. The Bertz CT molecular complexity index is 754. The summed E-state index contributed by atoms with van der Waals surface area (Å²) in [5.41, 5.74) is 1.02. The standard InChI is InChI=1S/C17H17FN4O2/c18-14-4-3-11(8-13(14)9-19)17(23)20-10-12-2-1-7-24-16(12)15-5-6-21-22-15/h3-6,8,12,16H,1-2,7,10H2,(H,20,23)(H,21,22)/t12-,16+/m0/s1. The summed E-state index contributed by atoms with van der Waals surface area (Å²) in [6.07, 6.45) is 3.39. The third-order valence-corrected chi connectivity index (χ3v) is 4.15. The smallest absolute Gasteiger partial charge is 0.251 e. The molecule has 2 N–H and O–H groups in total. The maximum atomic E-state index is 13.3. The van der Waals surface area contributed by atoms with Crippen LogP contribution in [0.3, 0.4) is 0 Å². The number of nitrogens with zero attached hydrogens (tertiary/aromatic N) is 2. The number of nitriles is 1. The second kappa shape index (κ2) is 7.23. The average molecular weight is 328 g/mol. The van der Waals surface area contributed by atoms with E-state index >= 15 is 0 Å². The van der Waals surface area contributed by atoms with Crippen LogP contribution < -0.4 is 5.32 Å². The van der Waals surface area contributed by atoms with E-state index in [4.69, 9.17) is 10.00 Å². The van der Waals surface area contributed by atoms with E-state index in [2.05, 4.69) is 15.5 Å². The first-order valence-corrected chi connectivity index (χ1v) is 7.77. The van der Waals surface area contributed by atoms with E-state index < -0.39 is 5.82 Å². The van der Waals surface area contributed by atoms with Gasteiger partial charge in [-0.05, 0) is 37.1 Å². The molecule has 1 aliphatic heterocycles. The summed E-state index contributed by atoms with van der Waals surface area (Å²) >= 11 is 0. The number of amides is 1. The number of aromatic nitrogens is 2. The van der Waals surface area contributed by atoms with E-state index in [0.717, 1.165) is 24.6 Å². The molecule has 1 aromatic carbocycles. The van der Waals surface area contributed by atoms with Gasteiger partial charge in [-0.25, -0.2) is 4.39 Å². The van der Waals surface area contributed by atoms with Gasteiger partial charge in [0.25, 0.3) is 5.91 Å². The highest BCUT2D eigenvalue weighted by Crippen LogP contribution is 2.32. The van der Waals surface area contributed by atoms with Crippen molar-refractivity contribution in [1.29, 1.82) is 5.26 Å². The van der Waals surface area contributed by atoms with Crippen molar-refractivity contribution in [2.24, 2.45) is 5.92 Å². The predicted molar refractivity (Wildman–Crippen MR) is 83.5 cm³/mol. The van der Waals surface area contributed by atoms with Crippen LogP contribution in [0.5, 0.6) is 0 Å². The number of H-pyrrole nitrogens is 1. The summed E-state index contributed by atoms with van der Waals surface area (Å²) in [4.78, 5) is 12.3. The Morgan fingerprint density at radius 3 is 3.12 bits per heavy atom. The van der Waals surface area contributed by atoms with Crippen molar-refractivity contribution in [2.75, 3.05) is 13.2 Å². The molecule has 0 bridgehead atoms. The Kier molecular flexibility index (Phi) is 4.87. The molecular formula is C17H17FN4O2. The van der Waals surface area contributed by atoms with Crippen LogP contribution in [0, 0.1) is 23.1 Å². The van der Waals surface area contributed by atoms with Crippen LogP contribution in [0.15, 0.2) is 30.5 Å². The third-order valence-electron chi connectivity index (χ3n) is 4.15. The minimum absolute atomic E-state index is 0.124. The van der Waals surface area contributed by atoms with E-state index in [1.54, 1.807) is 12.3 Å². The number of hydrogen-bond acceptors (Lipinski definition) is 4. The zero-order valence-corrected chi connectivity index (χ0v) is 13.0. The summed E-state index contributed by atoms with van der Waals surface area (Å²) in [7, 11) is 0. The highest BCUT2D eigenvalue weighted by Gasteiger charge is 2.28. The highest BCUT2D eigenvalue weighted by molar-refractivity contribution is 5.94. The molecule has 0 radical (unpaired) electrons. The van der Waals surface area contributed by atoms with Gasteiger partial charge in [-0.15, -0.1) is 0 Å². The molecular weight excluding hydrogens is 311 g/mol. The number of nitrogens with one attached hydrogen (secondary N) is 2. The van der Waals surface area contributed by atoms with Crippen molar-refractivity contribution >= 4 is 5.91 Å². The van der Waals surface area contributed by atoms with Crippen molar-refractivity contribution < 1.29 is 13.9 Å². The van der Waals surface area contributed by atoms with Crippen LogP contribution in [0.25, 0.3) is 0 Å². The number of carbonyl (C=O) groups excluding carboxylic acids is 1. The quantitative estimate of drug-likeness (QED) is 0.901. The Morgan fingerprint density at radius 1 is 1.50 bits per heavy atom. The van der Waals surface area contributed by atoms with E-state index in [9.17, 15) is 9.18 Å². The maximum Gasteiger partial charge on any atom is 0.251 e. The zero-order valence-electron chi connectivity index (χ0n) is 13.0. The molecule has 1 amide bonds. The molecule has 124 valence electrons. The van der Waals surface area contributed by atoms with Crippen LogP contribution in [0.4, 0.5) is 4.39 Å². The van der Waals surface area contributed by atoms with Gasteiger partial charge in [0.1, 0.15) is 18.0 Å². The van der Waals surface area contributed by atoms with Crippen molar-refractivity contribution in [3.8, 4) is 6.07 Å². The fraction of sp³-hybridized carbons (Fsp3) is 0.353. The number of benzene rings is 1. The molecule has 24 heavy (non-hydrogen) atoms. The van der Waals surface area contributed by atoms with Gasteiger partial charge in [0.05, 0.1) is 11.3 Å². The van der Waals surface area contributed by atoms with E-state index in [0.29, 0.717) is 13.2 Å². The van der Waals surface area contributed by atoms with Crippen LogP contribution in [-0.4, -0.2) is 29.3 Å². The molecule has 1 aromatic heterocycles. The molecule has 0 spiro atoms. The predicted octanol–water partition coefficient (Wildman–Crippen LogP) is 2.32. The average Bonchev–Trinajstić information content (AvgIpc) is 3.15. The number of rotatable bonds is 4. The number of carbonyl (C=O) groups is 1. The molecule has 0 unspecified atom stereocenters. The minimum Gasteiger partial charge on any atom is -0.372 e. The molecule has 1 aliphatic rings. The van der Waals surface area contributed by atoms with Crippen molar-refractivity contribution in [1.82, 2.24) is 15.5 Å². The van der Waals surface area contributed by atoms with Crippen LogP contribution in [0.2, 0.25) is 0 Å². The van der Waals surface area contributed by atoms with Gasteiger partial charge >= 0.3 is 0 Å². The molecule has 6 nitrogen and oxygen atoms in total. The first-order valence-electron chi connectivity index (χ1n) is 7.77. The lowest BCUT2D eigenvalue weighted by atomic mass is 9.92. The van der Waals surface area contributed by atoms with Crippen molar-refractivity contribution in [3.05, 3.63) is 53.1 Å². The topological polar surface area (TPSA) is 90.8 Å². The van der Waals surface area contributed by atoms with Gasteiger partial charge in [0, 0.05) is 30.8 Å². The summed E-state index contributed by atoms with van der Waals surface area (Å²) in [6.45, 7) is 1.11. The summed E-state index contributed by atoms with van der Waals surface area (Å²) in [5, 5.41) is 18.6. The van der Waals surface area contributed by atoms with Gasteiger partial charge in [-0.3, -0.25) is 9.89 Å². The Hall–Kier alpha value is -2.72. The monoisotopic (exact) mass is 328 g/mol. The third kappa shape index (κ3) is 3.44. The maximum absolute atomic E-state index is 13.3. The van der Waals surface area contributed by atoms with Gasteiger partial charge < -0.3 is 10.1 Å². The SMILES string of the molecule is N#Cc1cc(C(=O)NC[C@@H]2CCCO[C@H]2c2ccn[nH]2)ccc1F. The lowest BCUT2D eigenvalue weighted by Crippen LogP contribution is -2.35. The molecule has 7 heteroatoms. The molecule has 1 fully saturated rings. The van der Waals surface area contributed by atoms with E-state index in [-0.39, 0.29) is 29.1 Å². The summed E-state index contributed by atoms with van der Waals surface area (Å²) in [6, 6.07) is 7.36. The van der Waals surface area contributed by atoms with Crippen molar-refractivity contribution in [2.45, 2.75) is 18.9 Å². The number of hydrogen-bond donors (Lipinski definition) is 2. The fourth-order valence-electron chi connectivity index (χ4n) is 2.90. The van der Waals surface area contributed by atoms with Crippen LogP contribution in [0.1, 0.15) is 40.6 Å². The molecule has 2 aromatic rings. The fourth-order valence-corrected chi connectivity index (χ4v) is 2.90.